The van der Waals surface area contributed by atoms with Gasteiger partial charge in [-0.15, -0.1) is 10.2 Å². The van der Waals surface area contributed by atoms with Crippen LogP contribution in [0.4, 0.5) is 5.88 Å². The lowest BCUT2D eigenvalue weighted by molar-refractivity contribution is -0.113. The first kappa shape index (κ1) is 17.2. The Hall–Kier alpha value is -2.61. The highest BCUT2D eigenvalue weighted by Crippen LogP contribution is 2.22. The molecular weight excluding hydrogens is 340 g/mol. The smallest absolute Gasteiger partial charge is 0.277 e. The van der Waals surface area contributed by atoms with Gasteiger partial charge in [0.25, 0.3) is 5.22 Å². The van der Waals surface area contributed by atoms with Crippen LogP contribution in [-0.4, -0.2) is 27.0 Å². The zero-order valence-corrected chi connectivity index (χ0v) is 14.7. The summed E-state index contributed by atoms with van der Waals surface area (Å²) in [4.78, 5) is 11.9. The van der Waals surface area contributed by atoms with Gasteiger partial charge in [0.05, 0.1) is 11.4 Å². The van der Waals surface area contributed by atoms with Crippen LogP contribution in [0.2, 0.25) is 0 Å². The maximum Gasteiger partial charge on any atom is 0.277 e. The van der Waals surface area contributed by atoms with E-state index in [1.54, 1.807) is 13.0 Å². The molecule has 3 aromatic rings. The van der Waals surface area contributed by atoms with E-state index in [1.807, 2.05) is 18.2 Å². The summed E-state index contributed by atoms with van der Waals surface area (Å²) in [7, 11) is 0. The lowest BCUT2D eigenvalue weighted by Crippen LogP contribution is -2.13. The second-order valence-electron chi connectivity index (χ2n) is 5.65. The van der Waals surface area contributed by atoms with Crippen molar-refractivity contribution in [1.82, 2.24) is 15.4 Å². The lowest BCUT2D eigenvalue weighted by atomic mass is 9.98. The largest absolute Gasteiger partial charge is 0.416 e. The Bertz CT molecular complexity index is 831. The number of nitrogens with zero attached hydrogens (tertiary/aromatic N) is 3. The number of rotatable bonds is 7. The van der Waals surface area contributed by atoms with E-state index < -0.39 is 0 Å². The number of aryl methyl sites for hydroxylation is 1. The first-order valence-corrected chi connectivity index (χ1v) is 8.82. The third-order valence-electron chi connectivity index (χ3n) is 3.52. The summed E-state index contributed by atoms with van der Waals surface area (Å²) < 4.78 is 10.5. The summed E-state index contributed by atoms with van der Waals surface area (Å²) in [5, 5.41) is 14.7. The molecule has 1 aromatic carbocycles. The minimum Gasteiger partial charge on any atom is -0.416 e. The fraction of sp³-hybridized carbons (Fsp3) is 0.294. The molecule has 3 rings (SSSR count). The number of anilines is 1. The van der Waals surface area contributed by atoms with Gasteiger partial charge in [0, 0.05) is 12.5 Å². The molecule has 0 fully saturated rings. The summed E-state index contributed by atoms with van der Waals surface area (Å²) >= 11 is 1.18. The molecule has 0 aliphatic rings. The molecule has 0 aliphatic carbocycles. The molecular formula is C17H18N4O3S. The minimum absolute atomic E-state index is 0.148. The molecule has 2 heterocycles. The van der Waals surface area contributed by atoms with Crippen LogP contribution in [0.15, 0.2) is 50.6 Å². The second kappa shape index (κ2) is 7.98. The van der Waals surface area contributed by atoms with Gasteiger partial charge < -0.3 is 8.94 Å². The molecule has 0 saturated heterocycles. The van der Waals surface area contributed by atoms with Crippen molar-refractivity contribution in [2.45, 2.75) is 31.4 Å². The van der Waals surface area contributed by atoms with Crippen molar-refractivity contribution in [2.24, 2.45) is 0 Å². The number of carbonyl (C=O) groups excluding carboxylic acids is 1. The van der Waals surface area contributed by atoms with Crippen molar-refractivity contribution in [2.75, 3.05) is 11.1 Å². The molecule has 0 aliphatic heterocycles. The maximum atomic E-state index is 11.9. The Morgan fingerprint density at radius 1 is 1.28 bits per heavy atom. The van der Waals surface area contributed by atoms with E-state index in [-0.39, 0.29) is 17.6 Å². The molecule has 130 valence electrons. The van der Waals surface area contributed by atoms with E-state index in [0.717, 1.165) is 0 Å². The monoisotopic (exact) mass is 358 g/mol. The van der Waals surface area contributed by atoms with Crippen molar-refractivity contribution in [1.29, 1.82) is 0 Å². The quantitative estimate of drug-likeness (QED) is 0.646. The van der Waals surface area contributed by atoms with E-state index in [1.165, 1.54) is 17.3 Å². The number of amides is 1. The first-order chi connectivity index (χ1) is 12.1. The van der Waals surface area contributed by atoms with Gasteiger partial charge in [-0.3, -0.25) is 10.1 Å². The third kappa shape index (κ3) is 4.93. The highest BCUT2D eigenvalue weighted by atomic mass is 32.2. The Balaban J connectivity index is 1.49. The number of benzene rings is 1. The topological polar surface area (TPSA) is 94.1 Å². The molecule has 0 bridgehead atoms. The van der Waals surface area contributed by atoms with Crippen molar-refractivity contribution in [3.05, 3.63) is 53.5 Å². The van der Waals surface area contributed by atoms with Crippen molar-refractivity contribution < 1.29 is 13.7 Å². The third-order valence-corrected chi connectivity index (χ3v) is 4.33. The summed E-state index contributed by atoms with van der Waals surface area (Å²) in [6.45, 7) is 3.89. The van der Waals surface area contributed by atoms with E-state index >= 15 is 0 Å². The minimum atomic E-state index is -0.224. The first-order valence-electron chi connectivity index (χ1n) is 7.83. The van der Waals surface area contributed by atoms with Gasteiger partial charge in [-0.05, 0) is 18.4 Å². The number of nitrogens with one attached hydrogen (secondary N) is 1. The van der Waals surface area contributed by atoms with E-state index in [4.69, 9.17) is 8.94 Å². The molecule has 25 heavy (non-hydrogen) atoms. The Labute approximate surface area is 149 Å². The molecule has 7 nitrogen and oxygen atoms in total. The number of hydrogen-bond acceptors (Lipinski definition) is 7. The van der Waals surface area contributed by atoms with Crippen LogP contribution >= 0.6 is 11.8 Å². The van der Waals surface area contributed by atoms with E-state index in [0.29, 0.717) is 29.1 Å². The summed E-state index contributed by atoms with van der Waals surface area (Å²) in [6, 6.07) is 11.8. The van der Waals surface area contributed by atoms with Crippen molar-refractivity contribution in [3.8, 4) is 0 Å². The van der Waals surface area contributed by atoms with Crippen LogP contribution in [0.25, 0.3) is 0 Å². The summed E-state index contributed by atoms with van der Waals surface area (Å²) in [5.74, 6) is 1.09. The van der Waals surface area contributed by atoms with Gasteiger partial charge in [-0.1, -0.05) is 54.2 Å². The van der Waals surface area contributed by atoms with Crippen LogP contribution < -0.4 is 5.32 Å². The maximum absolute atomic E-state index is 11.9. The SMILES string of the molecule is Cc1cc(NC(=O)CSc2nnc(CC(C)c3ccccc3)o2)on1. The Morgan fingerprint density at radius 3 is 2.80 bits per heavy atom. The van der Waals surface area contributed by atoms with Crippen molar-refractivity contribution >= 4 is 23.6 Å². The van der Waals surface area contributed by atoms with Crippen LogP contribution in [0, 0.1) is 6.92 Å². The lowest BCUT2D eigenvalue weighted by Gasteiger charge is -2.08. The molecule has 0 spiro atoms. The Kier molecular flexibility index (Phi) is 5.49. The molecule has 1 amide bonds. The van der Waals surface area contributed by atoms with E-state index in [9.17, 15) is 4.79 Å². The normalized spacial score (nSPS) is 12.1. The summed E-state index contributed by atoms with van der Waals surface area (Å²) in [6.07, 6.45) is 0.654. The number of thioether (sulfide) groups is 1. The zero-order valence-electron chi connectivity index (χ0n) is 13.9. The molecule has 8 heteroatoms. The molecule has 2 aromatic heterocycles. The zero-order chi connectivity index (χ0) is 17.6. The van der Waals surface area contributed by atoms with Gasteiger partial charge >= 0.3 is 0 Å². The summed E-state index contributed by atoms with van der Waals surface area (Å²) in [5.41, 5.74) is 1.92. The highest BCUT2D eigenvalue weighted by molar-refractivity contribution is 7.99. The van der Waals surface area contributed by atoms with Crippen molar-refractivity contribution in [3.63, 3.8) is 0 Å². The second-order valence-corrected chi connectivity index (χ2v) is 6.57. The standard InChI is InChI=1S/C17H18N4O3S/c1-11(13-6-4-3-5-7-13)8-16-19-20-17(23-16)25-10-14(22)18-15-9-12(2)21-24-15/h3-7,9,11H,8,10H2,1-2H3,(H,18,22). The number of aromatic nitrogens is 3. The van der Waals surface area contributed by atoms with Crippen LogP contribution in [0.3, 0.4) is 0 Å². The van der Waals surface area contributed by atoms with Gasteiger partial charge in [-0.2, -0.15) is 0 Å². The van der Waals surface area contributed by atoms with Crippen LogP contribution in [0.1, 0.15) is 30.0 Å². The predicted molar refractivity (Wildman–Crippen MR) is 93.5 cm³/mol. The average molecular weight is 358 g/mol. The molecule has 0 radical (unpaired) electrons. The van der Waals surface area contributed by atoms with Crippen LogP contribution in [0.5, 0.6) is 0 Å². The fourth-order valence-corrected chi connectivity index (χ4v) is 2.84. The molecule has 1 atom stereocenters. The number of hydrogen-bond donors (Lipinski definition) is 1. The molecule has 0 saturated carbocycles. The van der Waals surface area contributed by atoms with Gasteiger partial charge in [-0.25, -0.2) is 0 Å². The van der Waals surface area contributed by atoms with Crippen LogP contribution in [-0.2, 0) is 11.2 Å². The van der Waals surface area contributed by atoms with Gasteiger partial charge in [0.1, 0.15) is 0 Å². The van der Waals surface area contributed by atoms with E-state index in [2.05, 4.69) is 39.7 Å². The molecule has 1 unspecified atom stereocenters. The number of carbonyl (C=O) groups is 1. The Morgan fingerprint density at radius 2 is 2.08 bits per heavy atom. The van der Waals surface area contributed by atoms with Gasteiger partial charge in [0.15, 0.2) is 0 Å². The highest BCUT2D eigenvalue weighted by Gasteiger charge is 2.14. The fourth-order valence-electron chi connectivity index (χ4n) is 2.26. The predicted octanol–water partition coefficient (Wildman–Crippen LogP) is 3.44. The van der Waals surface area contributed by atoms with Gasteiger partial charge in [0.2, 0.25) is 17.7 Å². The average Bonchev–Trinajstić information content (AvgIpc) is 3.22. The molecule has 1 N–H and O–H groups in total.